The Morgan fingerprint density at radius 1 is 0.667 bits per heavy atom. The molecule has 10 nitrogen and oxygen atoms in total. The van der Waals surface area contributed by atoms with E-state index in [4.69, 9.17) is 19.1 Å². The molecule has 3 unspecified atom stereocenters. The lowest BCUT2D eigenvalue weighted by molar-refractivity contribution is -0.161. The molecule has 39 heavy (non-hydrogen) atoms. The summed E-state index contributed by atoms with van der Waals surface area (Å²) in [5.74, 6) is -0.982. The van der Waals surface area contributed by atoms with Crippen LogP contribution < -0.4 is 0 Å². The van der Waals surface area contributed by atoms with Crippen molar-refractivity contribution in [3.05, 3.63) is 0 Å². The number of unbranched alkanes of at least 4 members (excludes halogenated alkanes) is 14. The largest absolute Gasteiger partial charge is 0.472 e. The number of carbonyl (C=O) groups is 2. The van der Waals surface area contributed by atoms with Gasteiger partial charge in [-0.25, -0.2) is 4.57 Å². The number of carbonyl (C=O) groups excluding carboxylic acids is 2. The zero-order valence-corrected chi connectivity index (χ0v) is 25.3. The Bertz CT molecular complexity index is 646. The molecule has 0 rings (SSSR count). The van der Waals surface area contributed by atoms with Crippen LogP contribution in [0.25, 0.3) is 0 Å². The van der Waals surface area contributed by atoms with Gasteiger partial charge in [0, 0.05) is 12.8 Å². The van der Waals surface area contributed by atoms with E-state index in [2.05, 4.69) is 11.4 Å². The third-order valence-corrected chi connectivity index (χ3v) is 7.18. The van der Waals surface area contributed by atoms with Crippen LogP contribution in [0.2, 0.25) is 0 Å². The van der Waals surface area contributed by atoms with E-state index in [9.17, 15) is 24.2 Å². The molecule has 3 N–H and O–H groups in total. The zero-order chi connectivity index (χ0) is 29.2. The van der Waals surface area contributed by atoms with E-state index >= 15 is 0 Å². The molecule has 0 amide bonds. The molecule has 0 spiro atoms. The molecule has 0 fully saturated rings. The molecule has 11 heteroatoms. The third kappa shape index (κ3) is 25.7. The van der Waals surface area contributed by atoms with Gasteiger partial charge in [-0.3, -0.25) is 18.6 Å². The third-order valence-electron chi connectivity index (χ3n) is 6.23. The summed E-state index contributed by atoms with van der Waals surface area (Å²) >= 11 is 0. The van der Waals surface area contributed by atoms with E-state index in [0.717, 1.165) is 19.3 Å². The summed E-state index contributed by atoms with van der Waals surface area (Å²) in [5.41, 5.74) is 0. The van der Waals surface area contributed by atoms with Gasteiger partial charge in [-0.2, -0.15) is 0 Å². The molecule has 232 valence electrons. The normalized spacial score (nSPS) is 14.5. The second-order valence-electron chi connectivity index (χ2n) is 10.1. The minimum Gasteiger partial charge on any atom is -0.462 e. The van der Waals surface area contributed by atoms with Crippen LogP contribution in [0.3, 0.4) is 0 Å². The fraction of sp³-hybridized carbons (Fsp3) is 0.929. The van der Waals surface area contributed by atoms with E-state index in [1.165, 1.54) is 70.6 Å². The zero-order valence-electron chi connectivity index (χ0n) is 24.4. The van der Waals surface area contributed by atoms with Crippen molar-refractivity contribution in [1.29, 1.82) is 0 Å². The Labute approximate surface area is 235 Å². The van der Waals surface area contributed by atoms with Crippen LogP contribution in [0.1, 0.15) is 129 Å². The van der Waals surface area contributed by atoms with Gasteiger partial charge in [-0.1, -0.05) is 104 Å². The number of phosphoric acid groups is 1. The van der Waals surface area contributed by atoms with E-state index in [0.29, 0.717) is 12.8 Å². The van der Waals surface area contributed by atoms with Crippen molar-refractivity contribution in [2.45, 2.75) is 142 Å². The molecular formula is C28H55O10P. The number of aliphatic hydroxyl groups excluding tert-OH is 2. The van der Waals surface area contributed by atoms with Crippen molar-refractivity contribution < 1.29 is 47.8 Å². The highest BCUT2D eigenvalue weighted by molar-refractivity contribution is 7.47. The number of aliphatic hydroxyl groups is 2. The van der Waals surface area contributed by atoms with Gasteiger partial charge >= 0.3 is 19.8 Å². The average Bonchev–Trinajstić information content (AvgIpc) is 2.91. The predicted octanol–water partition coefficient (Wildman–Crippen LogP) is 5.99. The van der Waals surface area contributed by atoms with Crippen molar-refractivity contribution >= 4 is 19.8 Å². The topological polar surface area (TPSA) is 149 Å². The highest BCUT2D eigenvalue weighted by Crippen LogP contribution is 2.43. The second-order valence-corrected chi connectivity index (χ2v) is 11.6. The van der Waals surface area contributed by atoms with Crippen LogP contribution >= 0.6 is 7.82 Å². The highest BCUT2D eigenvalue weighted by Gasteiger charge is 2.27. The van der Waals surface area contributed by atoms with Crippen molar-refractivity contribution in [1.82, 2.24) is 0 Å². The molecule has 0 saturated carbocycles. The Kier molecular flexibility index (Phi) is 25.2. The lowest BCUT2D eigenvalue weighted by Gasteiger charge is -2.20. The summed E-state index contributed by atoms with van der Waals surface area (Å²) in [7, 11) is -4.57. The summed E-state index contributed by atoms with van der Waals surface area (Å²) in [6, 6.07) is 0. The first-order chi connectivity index (χ1) is 18.7. The average molecular weight is 583 g/mol. The number of rotatable bonds is 28. The smallest absolute Gasteiger partial charge is 0.462 e. The quantitative estimate of drug-likeness (QED) is 0.0570. The standard InChI is InChI=1S/C28H55O10P/c1-3-5-6-7-8-9-10-11-12-13-14-15-16-17-18-20-28(32)38-26(23-35-27(31)19-4-2)24-37-39(33,34)36-22-25(30)21-29/h25-26,29-30H,3-24H2,1-2H3,(H,33,34). The van der Waals surface area contributed by atoms with Crippen LogP contribution in [0.4, 0.5) is 0 Å². The summed E-state index contributed by atoms with van der Waals surface area (Å²) in [6.45, 7) is 1.95. The van der Waals surface area contributed by atoms with Crippen LogP contribution in [0, 0.1) is 0 Å². The number of esters is 2. The van der Waals surface area contributed by atoms with Gasteiger partial charge in [0.1, 0.15) is 12.7 Å². The molecule has 0 bridgehead atoms. The van der Waals surface area contributed by atoms with Gasteiger partial charge in [0.25, 0.3) is 0 Å². The molecule has 0 aromatic heterocycles. The minimum absolute atomic E-state index is 0.188. The molecule has 0 aromatic carbocycles. The Hall–Kier alpha value is -1.03. The highest BCUT2D eigenvalue weighted by atomic mass is 31.2. The molecule has 0 aromatic rings. The number of hydrogen-bond acceptors (Lipinski definition) is 9. The van der Waals surface area contributed by atoms with Crippen molar-refractivity contribution in [2.24, 2.45) is 0 Å². The molecule has 0 aliphatic rings. The first kappa shape index (κ1) is 38.0. The van der Waals surface area contributed by atoms with Gasteiger partial charge in [0.15, 0.2) is 6.10 Å². The van der Waals surface area contributed by atoms with Gasteiger partial charge < -0.3 is 24.6 Å². The fourth-order valence-electron chi connectivity index (χ4n) is 3.91. The summed E-state index contributed by atoms with van der Waals surface area (Å²) in [6.07, 6.45) is 16.9. The van der Waals surface area contributed by atoms with Gasteiger partial charge in [-0.05, 0) is 12.8 Å². The maximum atomic E-state index is 12.3. The summed E-state index contributed by atoms with van der Waals surface area (Å²) in [5, 5.41) is 18.0. The maximum Gasteiger partial charge on any atom is 0.472 e. The monoisotopic (exact) mass is 582 g/mol. The second kappa shape index (κ2) is 25.9. The van der Waals surface area contributed by atoms with Crippen LogP contribution in [-0.2, 0) is 32.7 Å². The van der Waals surface area contributed by atoms with Crippen molar-refractivity contribution in [3.63, 3.8) is 0 Å². The minimum atomic E-state index is -4.57. The molecule has 0 heterocycles. The fourth-order valence-corrected chi connectivity index (χ4v) is 4.70. The van der Waals surface area contributed by atoms with E-state index in [1.54, 1.807) is 0 Å². The van der Waals surface area contributed by atoms with E-state index in [1.807, 2.05) is 6.92 Å². The SMILES string of the molecule is CCCCCCCCCCCCCCCCCC(=O)OC(COC(=O)CCC)COP(=O)(O)OCC(O)CO. The molecule has 3 atom stereocenters. The van der Waals surface area contributed by atoms with Gasteiger partial charge in [-0.15, -0.1) is 0 Å². The Morgan fingerprint density at radius 3 is 1.64 bits per heavy atom. The predicted molar refractivity (Wildman–Crippen MR) is 150 cm³/mol. The van der Waals surface area contributed by atoms with Crippen molar-refractivity contribution in [2.75, 3.05) is 26.4 Å². The van der Waals surface area contributed by atoms with Crippen molar-refractivity contribution in [3.8, 4) is 0 Å². The Morgan fingerprint density at radius 2 is 1.15 bits per heavy atom. The number of hydrogen-bond donors (Lipinski definition) is 3. The first-order valence-corrected chi connectivity index (χ1v) is 16.5. The van der Waals surface area contributed by atoms with Gasteiger partial charge in [0.05, 0.1) is 19.8 Å². The van der Waals surface area contributed by atoms with Crippen LogP contribution in [0.15, 0.2) is 0 Å². The van der Waals surface area contributed by atoms with Crippen LogP contribution in [0.5, 0.6) is 0 Å². The van der Waals surface area contributed by atoms with E-state index in [-0.39, 0.29) is 19.4 Å². The lowest BCUT2D eigenvalue weighted by atomic mass is 10.0. The van der Waals surface area contributed by atoms with Gasteiger partial charge in [0.2, 0.25) is 0 Å². The summed E-state index contributed by atoms with van der Waals surface area (Å²) < 4.78 is 31.8. The number of ether oxygens (including phenoxy) is 2. The lowest BCUT2D eigenvalue weighted by Crippen LogP contribution is -2.29. The molecular weight excluding hydrogens is 527 g/mol. The molecule has 0 radical (unpaired) electrons. The summed E-state index contributed by atoms with van der Waals surface area (Å²) in [4.78, 5) is 33.7. The molecule has 0 aliphatic heterocycles. The molecule has 0 aliphatic carbocycles. The number of phosphoric ester groups is 1. The molecule has 0 saturated heterocycles. The van der Waals surface area contributed by atoms with E-state index < -0.39 is 51.8 Å². The first-order valence-electron chi connectivity index (χ1n) is 15.0. The Balaban J connectivity index is 4.11. The maximum absolute atomic E-state index is 12.3. The van der Waals surface area contributed by atoms with Crippen LogP contribution in [-0.4, -0.2) is 65.7 Å².